The van der Waals surface area contributed by atoms with Gasteiger partial charge in [0.25, 0.3) is 0 Å². The third-order valence-corrected chi connectivity index (χ3v) is 7.95. The van der Waals surface area contributed by atoms with Crippen molar-refractivity contribution in [2.45, 2.75) is 50.4 Å². The van der Waals surface area contributed by atoms with Crippen molar-refractivity contribution in [3.8, 4) is 0 Å². The minimum Gasteiger partial charge on any atom is -0.443 e. The van der Waals surface area contributed by atoms with Crippen molar-refractivity contribution in [2.24, 2.45) is 4.99 Å². The minimum atomic E-state index is -4.84. The first kappa shape index (κ1) is 31.1. The van der Waals surface area contributed by atoms with E-state index in [0.29, 0.717) is 30.6 Å². The quantitative estimate of drug-likeness (QED) is 0.460. The third kappa shape index (κ3) is 7.60. The molecule has 40 heavy (non-hydrogen) atoms. The molecule has 13 heteroatoms. The van der Waals surface area contributed by atoms with Crippen LogP contribution in [0.4, 0.5) is 18.0 Å². The Hall–Kier alpha value is -3.45. The van der Waals surface area contributed by atoms with E-state index in [2.05, 4.69) is 4.99 Å². The molecule has 0 saturated heterocycles. The monoisotopic (exact) mass is 582 g/mol. The summed E-state index contributed by atoms with van der Waals surface area (Å²) < 4.78 is 71.8. The Bertz CT molecular complexity index is 1370. The number of amidine groups is 1. The van der Waals surface area contributed by atoms with Gasteiger partial charge in [-0.15, -0.1) is 0 Å². The van der Waals surface area contributed by atoms with E-state index in [1.807, 2.05) is 0 Å². The molecule has 0 radical (unpaired) electrons. The zero-order chi connectivity index (χ0) is 29.9. The molecule has 218 valence electrons. The number of nitrogens with zero attached hydrogens (tertiary/aromatic N) is 4. The van der Waals surface area contributed by atoms with Crippen LogP contribution < -0.4 is 0 Å². The molecular weight excluding hydrogens is 549 g/mol. The van der Waals surface area contributed by atoms with Crippen molar-refractivity contribution < 1.29 is 35.9 Å². The SMILES string of the molecule is CN(Cc1ccc(C2=NCCN2C(=O)OC(C)(C)C)cc1)C(=O)CCN(C)S(=O)(=O)c1ccccc1C(F)(F)F. The number of hydrogen-bond donors (Lipinski definition) is 0. The standard InChI is InChI=1S/C27H33F3N4O5S/c1-26(2,3)39-25(36)34-17-15-31-24(34)20-12-10-19(11-13-20)18-32(4)23(35)14-16-33(5)40(37,38)22-9-7-6-8-21(22)27(28,29)30/h6-13H,14-18H2,1-5H3. The molecule has 2 amide bonds. The van der Waals surface area contributed by atoms with Crippen LogP contribution in [0.2, 0.25) is 0 Å². The molecule has 3 rings (SSSR count). The highest BCUT2D eigenvalue weighted by Crippen LogP contribution is 2.35. The molecule has 0 fully saturated rings. The lowest BCUT2D eigenvalue weighted by Crippen LogP contribution is -2.39. The van der Waals surface area contributed by atoms with E-state index in [9.17, 15) is 31.2 Å². The topological polar surface area (TPSA) is 99.6 Å². The molecule has 1 aliphatic heterocycles. The molecule has 0 bridgehead atoms. The van der Waals surface area contributed by atoms with Crippen LogP contribution in [-0.2, 0) is 32.3 Å². The second kappa shape index (κ2) is 12.0. The highest BCUT2D eigenvalue weighted by Gasteiger charge is 2.38. The summed E-state index contributed by atoms with van der Waals surface area (Å²) in [6.07, 6.45) is -5.54. The van der Waals surface area contributed by atoms with Crippen molar-refractivity contribution in [1.82, 2.24) is 14.1 Å². The van der Waals surface area contributed by atoms with E-state index in [-0.39, 0.29) is 25.4 Å². The molecule has 0 spiro atoms. The summed E-state index contributed by atoms with van der Waals surface area (Å²) in [6.45, 7) is 6.15. The smallest absolute Gasteiger partial charge is 0.417 e. The molecule has 0 unspecified atom stereocenters. The lowest BCUT2D eigenvalue weighted by Gasteiger charge is -2.25. The fourth-order valence-electron chi connectivity index (χ4n) is 3.97. The maximum absolute atomic E-state index is 13.3. The number of amides is 2. The molecule has 0 N–H and O–H groups in total. The van der Waals surface area contributed by atoms with Gasteiger partial charge in [-0.05, 0) is 38.5 Å². The summed E-state index contributed by atoms with van der Waals surface area (Å²) in [5.74, 6) is 0.119. The fourth-order valence-corrected chi connectivity index (χ4v) is 5.35. The second-order valence-corrected chi connectivity index (χ2v) is 12.4. The van der Waals surface area contributed by atoms with E-state index in [1.54, 1.807) is 52.1 Å². The molecule has 0 saturated carbocycles. The molecular formula is C27H33F3N4O5S. The van der Waals surface area contributed by atoms with Crippen LogP contribution in [-0.4, -0.2) is 79.7 Å². The molecule has 0 aliphatic carbocycles. The van der Waals surface area contributed by atoms with Crippen molar-refractivity contribution in [3.05, 3.63) is 65.2 Å². The number of ether oxygens (including phenoxy) is 1. The van der Waals surface area contributed by atoms with Gasteiger partial charge in [-0.25, -0.2) is 17.5 Å². The average molecular weight is 583 g/mol. The summed E-state index contributed by atoms with van der Waals surface area (Å²) in [5, 5.41) is 0. The van der Waals surface area contributed by atoms with Gasteiger partial charge in [0.05, 0.1) is 23.5 Å². The lowest BCUT2D eigenvalue weighted by molar-refractivity contribution is -0.140. The highest BCUT2D eigenvalue weighted by atomic mass is 32.2. The Labute approximate surface area is 232 Å². The van der Waals surface area contributed by atoms with Crippen LogP contribution in [0.3, 0.4) is 0 Å². The van der Waals surface area contributed by atoms with Crippen LogP contribution in [0.15, 0.2) is 58.4 Å². The Morgan fingerprint density at radius 3 is 2.25 bits per heavy atom. The van der Waals surface area contributed by atoms with Crippen LogP contribution in [0, 0.1) is 0 Å². The van der Waals surface area contributed by atoms with E-state index in [1.165, 1.54) is 15.9 Å². The second-order valence-electron chi connectivity index (χ2n) is 10.4. The van der Waals surface area contributed by atoms with Crippen LogP contribution >= 0.6 is 0 Å². The molecule has 2 aromatic rings. The van der Waals surface area contributed by atoms with Gasteiger partial charge in [-0.3, -0.25) is 14.7 Å². The molecule has 1 aliphatic rings. The van der Waals surface area contributed by atoms with Gasteiger partial charge in [0.15, 0.2) is 0 Å². The van der Waals surface area contributed by atoms with Gasteiger partial charge in [0, 0.05) is 39.2 Å². The number of hydrogen-bond acceptors (Lipinski definition) is 6. The zero-order valence-electron chi connectivity index (χ0n) is 23.0. The number of alkyl halides is 3. The largest absolute Gasteiger partial charge is 0.443 e. The van der Waals surface area contributed by atoms with Gasteiger partial charge in [-0.1, -0.05) is 36.4 Å². The Morgan fingerprint density at radius 1 is 1.02 bits per heavy atom. The maximum atomic E-state index is 13.3. The van der Waals surface area contributed by atoms with Crippen LogP contribution in [0.5, 0.6) is 0 Å². The van der Waals surface area contributed by atoms with Gasteiger partial charge < -0.3 is 9.64 Å². The van der Waals surface area contributed by atoms with Gasteiger partial charge in [0.1, 0.15) is 11.4 Å². The first-order valence-electron chi connectivity index (χ1n) is 12.5. The Balaban J connectivity index is 1.59. The van der Waals surface area contributed by atoms with Gasteiger partial charge in [0.2, 0.25) is 15.9 Å². The van der Waals surface area contributed by atoms with Crippen LogP contribution in [0.25, 0.3) is 0 Å². The average Bonchev–Trinajstić information content (AvgIpc) is 3.36. The number of benzene rings is 2. The molecule has 0 aromatic heterocycles. The van der Waals surface area contributed by atoms with Crippen molar-refractivity contribution >= 4 is 27.9 Å². The van der Waals surface area contributed by atoms with Crippen molar-refractivity contribution in [3.63, 3.8) is 0 Å². The predicted molar refractivity (Wildman–Crippen MR) is 143 cm³/mol. The van der Waals surface area contributed by atoms with E-state index in [4.69, 9.17) is 4.74 Å². The van der Waals surface area contributed by atoms with E-state index in [0.717, 1.165) is 29.0 Å². The highest BCUT2D eigenvalue weighted by molar-refractivity contribution is 7.89. The number of halogens is 3. The molecule has 1 heterocycles. The summed E-state index contributed by atoms with van der Waals surface area (Å²) in [4.78, 5) is 31.7. The molecule has 9 nitrogen and oxygen atoms in total. The van der Waals surface area contributed by atoms with E-state index < -0.39 is 38.4 Å². The first-order chi connectivity index (χ1) is 18.5. The maximum Gasteiger partial charge on any atom is 0.417 e. The summed E-state index contributed by atoms with van der Waals surface area (Å²) in [6, 6.07) is 11.1. The van der Waals surface area contributed by atoms with Crippen molar-refractivity contribution in [2.75, 3.05) is 33.7 Å². The van der Waals surface area contributed by atoms with E-state index >= 15 is 0 Å². The first-order valence-corrected chi connectivity index (χ1v) is 14.0. The summed E-state index contributed by atoms with van der Waals surface area (Å²) >= 11 is 0. The number of sulfonamides is 1. The molecule has 2 aromatic carbocycles. The number of aliphatic imine (C=N–C) groups is 1. The fraction of sp³-hybridized carbons (Fsp3) is 0.444. The Kier molecular flexibility index (Phi) is 9.30. The third-order valence-electron chi connectivity index (χ3n) is 6.03. The summed E-state index contributed by atoms with van der Waals surface area (Å²) in [5.41, 5.74) is -0.404. The van der Waals surface area contributed by atoms with Crippen LogP contribution in [0.1, 0.15) is 43.9 Å². The zero-order valence-corrected chi connectivity index (χ0v) is 23.8. The number of carbonyl (C=O) groups excluding carboxylic acids is 2. The predicted octanol–water partition coefficient (Wildman–Crippen LogP) is 4.37. The van der Waals surface area contributed by atoms with Gasteiger partial charge >= 0.3 is 12.3 Å². The van der Waals surface area contributed by atoms with Crippen molar-refractivity contribution in [1.29, 1.82) is 0 Å². The normalized spacial score (nSPS) is 14.3. The summed E-state index contributed by atoms with van der Waals surface area (Å²) in [7, 11) is -1.78. The van der Waals surface area contributed by atoms with Gasteiger partial charge in [-0.2, -0.15) is 13.2 Å². The number of carbonyl (C=O) groups is 2. The Morgan fingerprint density at radius 2 is 1.65 bits per heavy atom. The molecule has 0 atom stereocenters. The lowest BCUT2D eigenvalue weighted by atomic mass is 10.1. The number of rotatable bonds is 8. The minimum absolute atomic E-state index is 0.217.